The quantitative estimate of drug-likeness (QED) is 0.161. The molecule has 0 bridgehead atoms. The third kappa shape index (κ3) is 8.83. The Morgan fingerprint density at radius 3 is 2.03 bits per heavy atom. The lowest BCUT2D eigenvalue weighted by Gasteiger charge is -2.08. The highest BCUT2D eigenvalue weighted by Gasteiger charge is 2.13. The zero-order valence-corrected chi connectivity index (χ0v) is 19.6. The monoisotopic (exact) mass is 504 g/mol. The second-order valence-corrected chi connectivity index (χ2v) is 7.50. The number of aliphatic imine (C=N–C) groups is 1. The molecule has 0 aliphatic carbocycles. The van der Waals surface area contributed by atoms with E-state index in [4.69, 9.17) is 25.7 Å². The van der Waals surface area contributed by atoms with Gasteiger partial charge in [-0.3, -0.25) is 9.59 Å². The Kier molecular flexibility index (Phi) is 9.31. The van der Waals surface area contributed by atoms with Gasteiger partial charge in [-0.15, -0.1) is 0 Å². The molecule has 0 heterocycles. The normalized spacial score (nSPS) is 10.1. The van der Waals surface area contributed by atoms with E-state index in [1.54, 1.807) is 24.3 Å². The van der Waals surface area contributed by atoms with E-state index in [2.05, 4.69) is 10.3 Å². The molecule has 0 aromatic heterocycles. The van der Waals surface area contributed by atoms with Gasteiger partial charge in [-0.25, -0.2) is 14.6 Å². The van der Waals surface area contributed by atoms with Gasteiger partial charge >= 0.3 is 17.9 Å². The lowest BCUT2D eigenvalue weighted by atomic mass is 10.2. The van der Waals surface area contributed by atoms with Gasteiger partial charge in [-0.2, -0.15) is 0 Å². The molecule has 3 aromatic rings. The molecule has 0 aliphatic rings. The number of nitrogens with one attached hydrogen (secondary N) is 1. The third-order valence-electron chi connectivity index (χ3n) is 4.67. The molecule has 3 aromatic carbocycles. The standard InChI is InChI=1S/C26H24N4O7/c27-26(28)30-20-10-6-19(7-11-20)25(34)37-21-12-8-18(9-13-21)24(33)36-16-22(31)29-14-23(32)35-15-17-4-2-1-3-5-17/h1-13H,14-16H2,(H,29,31)(H4,27,28,30). The maximum absolute atomic E-state index is 12.3. The van der Waals surface area contributed by atoms with Crippen LogP contribution in [0.5, 0.6) is 5.75 Å². The highest BCUT2D eigenvalue weighted by molar-refractivity contribution is 5.93. The second-order valence-electron chi connectivity index (χ2n) is 7.50. The Bertz CT molecular complexity index is 1270. The van der Waals surface area contributed by atoms with Crippen LogP contribution in [0.4, 0.5) is 5.69 Å². The first-order chi connectivity index (χ1) is 17.8. The van der Waals surface area contributed by atoms with Crippen molar-refractivity contribution < 1.29 is 33.4 Å². The van der Waals surface area contributed by atoms with Gasteiger partial charge in [0.1, 0.15) is 18.9 Å². The lowest BCUT2D eigenvalue weighted by Crippen LogP contribution is -2.33. The summed E-state index contributed by atoms with van der Waals surface area (Å²) in [6.45, 7) is -0.862. The minimum Gasteiger partial charge on any atom is -0.460 e. The molecule has 11 heteroatoms. The fourth-order valence-electron chi connectivity index (χ4n) is 2.87. The number of rotatable bonds is 10. The van der Waals surface area contributed by atoms with Crippen molar-refractivity contribution in [2.45, 2.75) is 6.61 Å². The molecule has 0 saturated carbocycles. The molecule has 0 atom stereocenters. The number of esters is 3. The molecule has 37 heavy (non-hydrogen) atoms. The number of ether oxygens (including phenoxy) is 3. The van der Waals surface area contributed by atoms with Crippen LogP contribution in [0, 0.1) is 0 Å². The first-order valence-electron chi connectivity index (χ1n) is 11.0. The van der Waals surface area contributed by atoms with Crippen LogP contribution in [0.25, 0.3) is 0 Å². The average molecular weight is 504 g/mol. The van der Waals surface area contributed by atoms with E-state index in [9.17, 15) is 19.2 Å². The van der Waals surface area contributed by atoms with Crippen molar-refractivity contribution in [2.75, 3.05) is 13.2 Å². The van der Waals surface area contributed by atoms with E-state index in [0.717, 1.165) is 5.56 Å². The van der Waals surface area contributed by atoms with Crippen LogP contribution < -0.4 is 21.5 Å². The SMILES string of the molecule is NC(N)=Nc1ccc(C(=O)Oc2ccc(C(=O)OCC(=O)NCC(=O)OCc3ccccc3)cc2)cc1. The molecular weight excluding hydrogens is 480 g/mol. The van der Waals surface area contributed by atoms with Gasteiger partial charge in [-0.1, -0.05) is 30.3 Å². The number of nitrogens with two attached hydrogens (primary N) is 2. The molecule has 190 valence electrons. The topological polar surface area (TPSA) is 172 Å². The maximum atomic E-state index is 12.3. The summed E-state index contributed by atoms with van der Waals surface area (Å²) in [6, 6.07) is 20.8. The molecule has 0 spiro atoms. The van der Waals surface area contributed by atoms with E-state index in [0.29, 0.717) is 5.69 Å². The predicted octanol–water partition coefficient (Wildman–Crippen LogP) is 1.83. The van der Waals surface area contributed by atoms with Crippen LogP contribution in [-0.4, -0.2) is 42.9 Å². The van der Waals surface area contributed by atoms with E-state index >= 15 is 0 Å². The number of nitrogens with zero attached hydrogens (tertiary/aromatic N) is 1. The Balaban J connectivity index is 1.40. The van der Waals surface area contributed by atoms with Crippen molar-refractivity contribution in [3.63, 3.8) is 0 Å². The van der Waals surface area contributed by atoms with Crippen molar-refractivity contribution >= 4 is 35.5 Å². The molecule has 0 fully saturated rings. The number of hydrogen-bond donors (Lipinski definition) is 3. The highest BCUT2D eigenvalue weighted by atomic mass is 16.5. The van der Waals surface area contributed by atoms with Crippen LogP contribution in [-0.2, 0) is 25.7 Å². The van der Waals surface area contributed by atoms with Crippen molar-refractivity contribution in [3.8, 4) is 5.75 Å². The van der Waals surface area contributed by atoms with E-state index in [-0.39, 0.29) is 36.0 Å². The predicted molar refractivity (Wildman–Crippen MR) is 133 cm³/mol. The number of carbonyl (C=O) groups is 4. The molecule has 11 nitrogen and oxygen atoms in total. The first-order valence-corrected chi connectivity index (χ1v) is 11.0. The summed E-state index contributed by atoms with van der Waals surface area (Å²) in [6.07, 6.45) is 0. The number of hydrogen-bond acceptors (Lipinski definition) is 8. The fraction of sp³-hybridized carbons (Fsp3) is 0.115. The molecule has 0 aliphatic heterocycles. The van der Waals surface area contributed by atoms with Crippen molar-refractivity contribution in [1.82, 2.24) is 5.32 Å². The number of benzene rings is 3. The van der Waals surface area contributed by atoms with Gasteiger partial charge in [0.25, 0.3) is 5.91 Å². The van der Waals surface area contributed by atoms with Gasteiger partial charge in [0, 0.05) is 0 Å². The van der Waals surface area contributed by atoms with Crippen LogP contribution >= 0.6 is 0 Å². The summed E-state index contributed by atoms with van der Waals surface area (Å²) in [5.74, 6) is -2.59. The van der Waals surface area contributed by atoms with Gasteiger partial charge < -0.3 is 31.0 Å². The van der Waals surface area contributed by atoms with Crippen molar-refractivity contribution in [3.05, 3.63) is 95.6 Å². The van der Waals surface area contributed by atoms with Gasteiger partial charge in [0.05, 0.1) is 16.8 Å². The molecule has 3 rings (SSSR count). The Morgan fingerprint density at radius 1 is 0.757 bits per heavy atom. The number of carbonyl (C=O) groups excluding carboxylic acids is 4. The molecule has 5 N–H and O–H groups in total. The Morgan fingerprint density at radius 2 is 1.38 bits per heavy atom. The smallest absolute Gasteiger partial charge is 0.343 e. The van der Waals surface area contributed by atoms with Gasteiger partial charge in [0.15, 0.2) is 12.6 Å². The van der Waals surface area contributed by atoms with E-state index in [1.165, 1.54) is 36.4 Å². The number of amides is 1. The summed E-state index contributed by atoms with van der Waals surface area (Å²) in [4.78, 5) is 51.9. The first kappa shape index (κ1) is 26.4. The minimum atomic E-state index is -0.769. The maximum Gasteiger partial charge on any atom is 0.343 e. The van der Waals surface area contributed by atoms with Gasteiger partial charge in [-0.05, 0) is 54.1 Å². The summed E-state index contributed by atoms with van der Waals surface area (Å²) in [7, 11) is 0. The number of guanidine groups is 1. The summed E-state index contributed by atoms with van der Waals surface area (Å²) in [5.41, 5.74) is 12.3. The second kappa shape index (κ2) is 13.0. The highest BCUT2D eigenvalue weighted by Crippen LogP contribution is 2.17. The van der Waals surface area contributed by atoms with Crippen LogP contribution in [0.3, 0.4) is 0 Å². The average Bonchev–Trinajstić information content (AvgIpc) is 2.90. The summed E-state index contributed by atoms with van der Waals surface area (Å²) in [5, 5.41) is 2.32. The minimum absolute atomic E-state index is 0.0849. The largest absolute Gasteiger partial charge is 0.460 e. The van der Waals surface area contributed by atoms with Crippen molar-refractivity contribution in [1.29, 1.82) is 0 Å². The van der Waals surface area contributed by atoms with Crippen LogP contribution in [0.15, 0.2) is 83.9 Å². The van der Waals surface area contributed by atoms with E-state index in [1.807, 2.05) is 18.2 Å². The van der Waals surface area contributed by atoms with Gasteiger partial charge in [0.2, 0.25) is 0 Å². The lowest BCUT2D eigenvalue weighted by molar-refractivity contribution is -0.145. The fourth-order valence-corrected chi connectivity index (χ4v) is 2.87. The molecule has 1 amide bonds. The van der Waals surface area contributed by atoms with Crippen LogP contribution in [0.1, 0.15) is 26.3 Å². The molecule has 0 unspecified atom stereocenters. The van der Waals surface area contributed by atoms with Crippen molar-refractivity contribution in [2.24, 2.45) is 16.5 Å². The molecular formula is C26H24N4O7. The Hall–Kier alpha value is -5.19. The summed E-state index contributed by atoms with van der Waals surface area (Å²) >= 11 is 0. The zero-order chi connectivity index (χ0) is 26.6. The Labute approximate surface area is 212 Å². The zero-order valence-electron chi connectivity index (χ0n) is 19.6. The third-order valence-corrected chi connectivity index (χ3v) is 4.67. The van der Waals surface area contributed by atoms with E-state index < -0.39 is 30.4 Å². The molecule has 0 saturated heterocycles. The summed E-state index contributed by atoms with van der Waals surface area (Å²) < 4.78 is 15.3. The molecule has 0 radical (unpaired) electrons. The van der Waals surface area contributed by atoms with Crippen LogP contribution in [0.2, 0.25) is 0 Å².